The van der Waals surface area contributed by atoms with Gasteiger partial charge in [-0.1, -0.05) is 97.2 Å². The fourth-order valence-electron chi connectivity index (χ4n) is 4.06. The third-order valence-corrected chi connectivity index (χ3v) is 7.97. The maximum Gasteiger partial charge on any atom is 0.226 e. The number of rotatable bonds is 13. The maximum absolute atomic E-state index is 12.4. The number of hydrogen-bond acceptors (Lipinski definition) is 8. The van der Waals surface area contributed by atoms with Crippen LogP contribution in [0.1, 0.15) is 72.5 Å². The molecule has 0 spiro atoms. The quantitative estimate of drug-likeness (QED) is 0.192. The molecule has 38 heavy (non-hydrogen) atoms. The van der Waals surface area contributed by atoms with Gasteiger partial charge in [-0.15, -0.1) is 20.4 Å². The number of carbonyl (C=O) groups is 2. The van der Waals surface area contributed by atoms with E-state index in [1.54, 1.807) is 0 Å². The first-order valence-corrected chi connectivity index (χ1v) is 14.4. The van der Waals surface area contributed by atoms with Crippen molar-refractivity contribution < 1.29 is 9.59 Å². The molecular weight excluding hydrogens is 516 g/mol. The van der Waals surface area contributed by atoms with E-state index in [1.165, 1.54) is 22.7 Å². The molecule has 10 heteroatoms. The topological polar surface area (TPSA) is 110 Å². The van der Waals surface area contributed by atoms with Crippen molar-refractivity contribution in [2.45, 2.75) is 64.2 Å². The summed E-state index contributed by atoms with van der Waals surface area (Å²) >= 11 is 2.83. The largest absolute Gasteiger partial charge is 0.301 e. The number of unbranched alkanes of at least 4 members (excludes halogenated alkanes) is 1. The van der Waals surface area contributed by atoms with E-state index >= 15 is 0 Å². The summed E-state index contributed by atoms with van der Waals surface area (Å²) in [6, 6.07) is 20.0. The predicted molar refractivity (Wildman–Crippen MR) is 153 cm³/mol. The van der Waals surface area contributed by atoms with Crippen molar-refractivity contribution in [3.05, 3.63) is 81.8 Å². The second kappa shape index (κ2) is 13.9. The van der Waals surface area contributed by atoms with E-state index in [-0.39, 0.29) is 23.7 Å². The molecule has 2 amide bonds. The van der Waals surface area contributed by atoms with Crippen LogP contribution in [-0.2, 0) is 22.4 Å². The predicted octanol–water partition coefficient (Wildman–Crippen LogP) is 6.22. The number of carbonyl (C=O) groups excluding carboxylic acids is 2. The molecule has 2 N–H and O–H groups in total. The molecule has 8 nitrogen and oxygen atoms in total. The Hall–Kier alpha value is -3.50. The monoisotopic (exact) mass is 548 g/mol. The highest BCUT2D eigenvalue weighted by atomic mass is 32.1. The Morgan fingerprint density at radius 3 is 1.45 bits per heavy atom. The Bertz CT molecular complexity index is 1210. The SMILES string of the molecule is CC(CC(=O)Nc1nnc(CCCCc2nnc(NC(=O)CC(C)c3ccccc3)s2)s1)c1ccccc1. The van der Waals surface area contributed by atoms with Crippen LogP contribution in [-0.4, -0.2) is 32.2 Å². The van der Waals surface area contributed by atoms with Crippen LogP contribution in [0.5, 0.6) is 0 Å². The van der Waals surface area contributed by atoms with Crippen LogP contribution < -0.4 is 10.6 Å². The molecule has 2 aromatic heterocycles. The highest BCUT2D eigenvalue weighted by Gasteiger charge is 2.15. The highest BCUT2D eigenvalue weighted by molar-refractivity contribution is 7.15. The number of benzene rings is 2. The first-order chi connectivity index (χ1) is 18.5. The van der Waals surface area contributed by atoms with Gasteiger partial charge in [0.25, 0.3) is 0 Å². The molecule has 2 unspecified atom stereocenters. The van der Waals surface area contributed by atoms with E-state index in [2.05, 4.69) is 31.0 Å². The van der Waals surface area contributed by atoms with E-state index in [4.69, 9.17) is 0 Å². The summed E-state index contributed by atoms with van der Waals surface area (Å²) in [5, 5.41) is 25.3. The number of hydrogen-bond donors (Lipinski definition) is 2. The molecular formula is C28H32N6O2S2. The molecule has 2 aromatic carbocycles. The standard InChI is InChI=1S/C28H32N6O2S2/c1-19(21-11-5-3-6-12-21)17-23(35)29-27-33-31-25(37-27)15-9-10-16-26-32-34-28(38-26)30-24(36)18-20(2)22-13-7-4-8-14-22/h3-8,11-14,19-20H,9-10,15-18H2,1-2H3,(H,29,33,35)(H,30,34,36). The van der Waals surface area contributed by atoms with Crippen LogP contribution in [0.15, 0.2) is 60.7 Å². The summed E-state index contributed by atoms with van der Waals surface area (Å²) in [6.07, 6.45) is 4.21. The second-order valence-electron chi connectivity index (χ2n) is 9.34. The Morgan fingerprint density at radius 2 is 1.05 bits per heavy atom. The number of nitrogens with one attached hydrogen (secondary N) is 2. The first-order valence-electron chi connectivity index (χ1n) is 12.8. The van der Waals surface area contributed by atoms with Gasteiger partial charge in [0.1, 0.15) is 10.0 Å². The fourth-order valence-corrected chi connectivity index (χ4v) is 5.65. The van der Waals surface area contributed by atoms with Crippen molar-refractivity contribution in [2.24, 2.45) is 0 Å². The molecule has 2 heterocycles. The molecule has 0 aliphatic carbocycles. The Morgan fingerprint density at radius 1 is 0.658 bits per heavy atom. The van der Waals surface area contributed by atoms with Crippen LogP contribution in [0.4, 0.5) is 10.3 Å². The third kappa shape index (κ3) is 8.53. The lowest BCUT2D eigenvalue weighted by molar-refractivity contribution is -0.117. The van der Waals surface area contributed by atoms with Crippen molar-refractivity contribution in [1.29, 1.82) is 0 Å². The summed E-state index contributed by atoms with van der Waals surface area (Å²) in [4.78, 5) is 24.8. The van der Waals surface area contributed by atoms with Gasteiger partial charge in [0.05, 0.1) is 0 Å². The molecule has 4 rings (SSSR count). The van der Waals surface area contributed by atoms with Crippen molar-refractivity contribution in [3.8, 4) is 0 Å². The lowest BCUT2D eigenvalue weighted by atomic mass is 9.98. The van der Waals surface area contributed by atoms with Crippen LogP contribution >= 0.6 is 22.7 Å². The molecule has 198 valence electrons. The molecule has 0 radical (unpaired) electrons. The summed E-state index contributed by atoms with van der Waals surface area (Å²) in [6.45, 7) is 4.09. The molecule has 0 fully saturated rings. The van der Waals surface area contributed by atoms with Gasteiger partial charge in [-0.3, -0.25) is 9.59 Å². The number of aryl methyl sites for hydroxylation is 2. The van der Waals surface area contributed by atoms with E-state index in [0.29, 0.717) is 23.1 Å². The van der Waals surface area contributed by atoms with Crippen molar-refractivity contribution in [2.75, 3.05) is 10.6 Å². The Kier molecular flexibility index (Phi) is 10.1. The zero-order valence-electron chi connectivity index (χ0n) is 21.6. The number of aromatic nitrogens is 4. The smallest absolute Gasteiger partial charge is 0.226 e. The van der Waals surface area contributed by atoms with Gasteiger partial charge in [-0.2, -0.15) is 0 Å². The van der Waals surface area contributed by atoms with Gasteiger partial charge >= 0.3 is 0 Å². The van der Waals surface area contributed by atoms with Gasteiger partial charge in [0.2, 0.25) is 22.1 Å². The molecule has 0 saturated heterocycles. The highest BCUT2D eigenvalue weighted by Crippen LogP contribution is 2.23. The zero-order chi connectivity index (χ0) is 26.7. The van der Waals surface area contributed by atoms with Gasteiger partial charge in [0, 0.05) is 25.7 Å². The van der Waals surface area contributed by atoms with E-state index in [9.17, 15) is 9.59 Å². The molecule has 0 aliphatic heterocycles. The van der Waals surface area contributed by atoms with E-state index < -0.39 is 0 Å². The normalized spacial score (nSPS) is 12.6. The number of anilines is 2. The van der Waals surface area contributed by atoms with Crippen LogP contribution in [0.2, 0.25) is 0 Å². The molecule has 0 bridgehead atoms. The average molecular weight is 549 g/mol. The lowest BCUT2D eigenvalue weighted by Crippen LogP contribution is -2.14. The second-order valence-corrected chi connectivity index (χ2v) is 11.5. The molecule has 4 aromatic rings. The summed E-state index contributed by atoms with van der Waals surface area (Å²) < 4.78 is 0. The Labute approximate surface area is 231 Å². The van der Waals surface area contributed by atoms with Crippen LogP contribution in [0.25, 0.3) is 0 Å². The summed E-state index contributed by atoms with van der Waals surface area (Å²) in [5.41, 5.74) is 2.28. The minimum Gasteiger partial charge on any atom is -0.301 e. The minimum atomic E-state index is -0.0576. The zero-order valence-corrected chi connectivity index (χ0v) is 23.2. The molecule has 0 saturated carbocycles. The summed E-state index contributed by atoms with van der Waals surface area (Å²) in [7, 11) is 0. The molecule has 2 atom stereocenters. The van der Waals surface area contributed by atoms with Gasteiger partial charge in [-0.25, -0.2) is 0 Å². The number of nitrogens with zero attached hydrogens (tertiary/aromatic N) is 4. The van der Waals surface area contributed by atoms with Crippen molar-refractivity contribution in [3.63, 3.8) is 0 Å². The van der Waals surface area contributed by atoms with Crippen molar-refractivity contribution >= 4 is 44.8 Å². The van der Waals surface area contributed by atoms with Gasteiger partial charge in [0.15, 0.2) is 0 Å². The minimum absolute atomic E-state index is 0.0576. The average Bonchev–Trinajstić information content (AvgIpc) is 3.56. The lowest BCUT2D eigenvalue weighted by Gasteiger charge is -2.10. The third-order valence-electron chi connectivity index (χ3n) is 6.18. The van der Waals surface area contributed by atoms with Gasteiger partial charge in [-0.05, 0) is 35.8 Å². The van der Waals surface area contributed by atoms with Crippen LogP contribution in [0, 0.1) is 0 Å². The van der Waals surface area contributed by atoms with Crippen molar-refractivity contribution in [1.82, 2.24) is 20.4 Å². The number of amides is 2. The Balaban J connectivity index is 1.14. The van der Waals surface area contributed by atoms with E-state index in [1.807, 2.05) is 74.5 Å². The fraction of sp³-hybridized carbons (Fsp3) is 0.357. The van der Waals surface area contributed by atoms with Crippen LogP contribution in [0.3, 0.4) is 0 Å². The summed E-state index contributed by atoms with van der Waals surface area (Å²) in [5.74, 6) is 0.154. The first kappa shape index (κ1) is 27.5. The molecule has 0 aliphatic rings. The maximum atomic E-state index is 12.4. The van der Waals surface area contributed by atoms with E-state index in [0.717, 1.165) is 46.8 Å². The van der Waals surface area contributed by atoms with Gasteiger partial charge < -0.3 is 10.6 Å².